The quantitative estimate of drug-likeness (QED) is 0.348. The molecule has 7 nitrogen and oxygen atoms in total. The molecule has 0 bridgehead atoms. The molecule has 29 heavy (non-hydrogen) atoms. The third kappa shape index (κ3) is 8.15. The molecule has 0 unspecified atom stereocenters. The standard InChI is InChI=1S/C18H25F3N4O3.HI/c1-4-22-17(23-10-16(26)25(3)12-18(19,20)21)24(2)11-13-5-6-14-15(9-13)28-8-7-27-14;/h5-6,9H,4,7-8,10-12H2,1-3H3,(H,22,23);1H. The first-order valence-corrected chi connectivity index (χ1v) is 8.88. The second-order valence-corrected chi connectivity index (χ2v) is 6.37. The summed E-state index contributed by atoms with van der Waals surface area (Å²) in [6, 6.07) is 5.60. The third-order valence-corrected chi connectivity index (χ3v) is 3.93. The largest absolute Gasteiger partial charge is 0.486 e. The first-order valence-electron chi connectivity index (χ1n) is 8.88. The lowest BCUT2D eigenvalue weighted by Crippen LogP contribution is -2.41. The third-order valence-electron chi connectivity index (χ3n) is 3.93. The lowest BCUT2D eigenvalue weighted by molar-refractivity contribution is -0.157. The van der Waals surface area contributed by atoms with E-state index in [1.165, 1.54) is 0 Å². The number of rotatable bonds is 6. The van der Waals surface area contributed by atoms with Gasteiger partial charge in [-0.15, -0.1) is 24.0 Å². The van der Waals surface area contributed by atoms with Crippen molar-refractivity contribution in [2.75, 3.05) is 46.9 Å². The highest BCUT2D eigenvalue weighted by atomic mass is 127. The van der Waals surface area contributed by atoms with Gasteiger partial charge in [0.1, 0.15) is 26.3 Å². The van der Waals surface area contributed by atoms with Crippen LogP contribution in [0.1, 0.15) is 12.5 Å². The minimum Gasteiger partial charge on any atom is -0.486 e. The van der Waals surface area contributed by atoms with Crippen LogP contribution in [-0.4, -0.2) is 74.8 Å². The van der Waals surface area contributed by atoms with Crippen LogP contribution in [0.5, 0.6) is 11.5 Å². The second kappa shape index (κ2) is 11.3. The monoisotopic (exact) mass is 530 g/mol. The zero-order chi connectivity index (χ0) is 20.7. The number of fused-ring (bicyclic) bond motifs is 1. The van der Waals surface area contributed by atoms with E-state index in [1.54, 1.807) is 11.9 Å². The maximum atomic E-state index is 12.4. The lowest BCUT2D eigenvalue weighted by Gasteiger charge is -2.24. The number of nitrogens with zero attached hydrogens (tertiary/aromatic N) is 3. The molecular weight excluding hydrogens is 504 g/mol. The molecule has 0 saturated carbocycles. The normalized spacial score (nSPS) is 13.4. The van der Waals surface area contributed by atoms with Crippen molar-refractivity contribution in [1.29, 1.82) is 0 Å². The highest BCUT2D eigenvalue weighted by Crippen LogP contribution is 2.31. The molecule has 0 spiro atoms. The second-order valence-electron chi connectivity index (χ2n) is 6.37. The SMILES string of the molecule is CCNC(=NCC(=O)N(C)CC(F)(F)F)N(C)Cc1ccc2c(c1)OCCO2.I. The minimum absolute atomic E-state index is 0. The molecule has 11 heteroatoms. The van der Waals surface area contributed by atoms with E-state index in [-0.39, 0.29) is 30.5 Å². The van der Waals surface area contributed by atoms with Gasteiger partial charge in [-0.1, -0.05) is 6.07 Å². The van der Waals surface area contributed by atoms with Gasteiger partial charge in [-0.05, 0) is 24.6 Å². The molecule has 1 aromatic carbocycles. The zero-order valence-corrected chi connectivity index (χ0v) is 18.9. The first kappa shape index (κ1) is 25.1. The Morgan fingerprint density at radius 2 is 1.83 bits per heavy atom. The number of benzene rings is 1. The molecule has 164 valence electrons. The van der Waals surface area contributed by atoms with Crippen LogP contribution in [0.2, 0.25) is 0 Å². The van der Waals surface area contributed by atoms with E-state index in [2.05, 4.69) is 10.3 Å². The van der Waals surface area contributed by atoms with Gasteiger partial charge in [0.05, 0.1) is 0 Å². The smallest absolute Gasteiger partial charge is 0.406 e. The fraction of sp³-hybridized carbons (Fsp3) is 0.556. The number of aliphatic imine (C=N–C) groups is 1. The summed E-state index contributed by atoms with van der Waals surface area (Å²) in [5, 5.41) is 3.03. The molecule has 1 aliphatic rings. The Balaban J connectivity index is 0.00000420. The van der Waals surface area contributed by atoms with Gasteiger partial charge in [0, 0.05) is 27.2 Å². The van der Waals surface area contributed by atoms with Gasteiger partial charge < -0.3 is 24.6 Å². The van der Waals surface area contributed by atoms with E-state index in [9.17, 15) is 18.0 Å². The lowest BCUT2D eigenvalue weighted by atomic mass is 10.2. The van der Waals surface area contributed by atoms with Crippen molar-refractivity contribution in [3.8, 4) is 11.5 Å². The Hall–Kier alpha value is -1.92. The Bertz CT molecular complexity index is 716. The molecule has 1 aromatic rings. The number of likely N-dealkylation sites (N-methyl/N-ethyl adjacent to an activating group) is 1. The first-order chi connectivity index (χ1) is 13.2. The number of alkyl halides is 3. The molecule has 0 atom stereocenters. The van der Waals surface area contributed by atoms with Crippen molar-refractivity contribution in [1.82, 2.24) is 15.1 Å². The summed E-state index contributed by atoms with van der Waals surface area (Å²) in [7, 11) is 2.89. The van der Waals surface area contributed by atoms with Gasteiger partial charge in [0.25, 0.3) is 0 Å². The van der Waals surface area contributed by atoms with Gasteiger partial charge in [-0.2, -0.15) is 13.2 Å². The van der Waals surface area contributed by atoms with Crippen LogP contribution in [0.3, 0.4) is 0 Å². The van der Waals surface area contributed by atoms with E-state index in [1.807, 2.05) is 25.1 Å². The maximum Gasteiger partial charge on any atom is 0.406 e. The summed E-state index contributed by atoms with van der Waals surface area (Å²) < 4.78 is 48.3. The zero-order valence-electron chi connectivity index (χ0n) is 16.6. The number of hydrogen-bond donors (Lipinski definition) is 1. The average molecular weight is 530 g/mol. The Morgan fingerprint density at radius 1 is 1.17 bits per heavy atom. The van der Waals surface area contributed by atoms with E-state index < -0.39 is 18.6 Å². The van der Waals surface area contributed by atoms with Crippen LogP contribution in [-0.2, 0) is 11.3 Å². The van der Waals surface area contributed by atoms with Crippen LogP contribution < -0.4 is 14.8 Å². The number of amides is 1. The van der Waals surface area contributed by atoms with Crippen LogP contribution in [0, 0.1) is 0 Å². The summed E-state index contributed by atoms with van der Waals surface area (Å²) in [6.07, 6.45) is -4.44. The Morgan fingerprint density at radius 3 is 2.45 bits per heavy atom. The molecule has 2 rings (SSSR count). The van der Waals surface area contributed by atoms with Crippen molar-refractivity contribution in [3.05, 3.63) is 23.8 Å². The summed E-state index contributed by atoms with van der Waals surface area (Å²) in [6.45, 7) is 2.21. The topological polar surface area (TPSA) is 66.4 Å². The molecular formula is C18H26F3IN4O3. The van der Waals surface area contributed by atoms with Crippen molar-refractivity contribution >= 4 is 35.8 Å². The molecule has 0 aliphatic carbocycles. The summed E-state index contributed by atoms with van der Waals surface area (Å²) in [5.41, 5.74) is 0.942. The van der Waals surface area contributed by atoms with Crippen LogP contribution in [0.15, 0.2) is 23.2 Å². The van der Waals surface area contributed by atoms with Gasteiger partial charge in [0.2, 0.25) is 5.91 Å². The van der Waals surface area contributed by atoms with E-state index in [0.717, 1.165) is 12.6 Å². The predicted molar refractivity (Wildman–Crippen MR) is 114 cm³/mol. The van der Waals surface area contributed by atoms with Crippen molar-refractivity contribution in [2.45, 2.75) is 19.6 Å². The number of carbonyl (C=O) groups excluding carboxylic acids is 1. The predicted octanol–water partition coefficient (Wildman–Crippen LogP) is 2.49. The highest BCUT2D eigenvalue weighted by Gasteiger charge is 2.31. The van der Waals surface area contributed by atoms with Gasteiger partial charge >= 0.3 is 6.18 Å². The number of halogens is 4. The molecule has 0 saturated heterocycles. The Kier molecular flexibility index (Phi) is 9.80. The fourth-order valence-corrected chi connectivity index (χ4v) is 2.62. The Labute approximate surface area is 185 Å². The number of guanidine groups is 1. The molecule has 0 radical (unpaired) electrons. The van der Waals surface area contributed by atoms with Crippen molar-refractivity contribution < 1.29 is 27.4 Å². The average Bonchev–Trinajstić information content (AvgIpc) is 2.63. The summed E-state index contributed by atoms with van der Waals surface area (Å²) in [5.74, 6) is 1.08. The molecule has 1 amide bonds. The molecule has 0 aromatic heterocycles. The highest BCUT2D eigenvalue weighted by molar-refractivity contribution is 14.0. The molecule has 1 N–H and O–H groups in total. The maximum absolute atomic E-state index is 12.4. The number of nitrogens with one attached hydrogen (secondary N) is 1. The van der Waals surface area contributed by atoms with Crippen molar-refractivity contribution in [2.24, 2.45) is 4.99 Å². The van der Waals surface area contributed by atoms with E-state index in [4.69, 9.17) is 9.47 Å². The van der Waals surface area contributed by atoms with Crippen LogP contribution >= 0.6 is 24.0 Å². The van der Waals surface area contributed by atoms with Crippen LogP contribution in [0.4, 0.5) is 13.2 Å². The fourth-order valence-electron chi connectivity index (χ4n) is 2.62. The van der Waals surface area contributed by atoms with Crippen molar-refractivity contribution in [3.63, 3.8) is 0 Å². The number of carbonyl (C=O) groups is 1. The molecule has 0 fully saturated rings. The molecule has 1 heterocycles. The minimum atomic E-state index is -4.44. The number of hydrogen-bond acceptors (Lipinski definition) is 4. The van der Waals surface area contributed by atoms with Gasteiger partial charge in [-0.3, -0.25) is 4.79 Å². The van der Waals surface area contributed by atoms with E-state index >= 15 is 0 Å². The van der Waals surface area contributed by atoms with Crippen LogP contribution in [0.25, 0.3) is 0 Å². The van der Waals surface area contributed by atoms with Gasteiger partial charge in [0.15, 0.2) is 17.5 Å². The summed E-state index contributed by atoms with van der Waals surface area (Å²) >= 11 is 0. The van der Waals surface area contributed by atoms with E-state index in [0.29, 0.717) is 48.7 Å². The number of ether oxygens (including phenoxy) is 2. The summed E-state index contributed by atoms with van der Waals surface area (Å²) in [4.78, 5) is 18.5. The van der Waals surface area contributed by atoms with Gasteiger partial charge in [-0.25, -0.2) is 4.99 Å². The molecule has 1 aliphatic heterocycles.